The number of ether oxygens (including phenoxy) is 1. The normalized spacial score (nSPS) is 12.2. The lowest BCUT2D eigenvalue weighted by molar-refractivity contribution is -0.140. The quantitative estimate of drug-likeness (QED) is 0.186. The molecule has 0 aliphatic carbocycles. The summed E-state index contributed by atoms with van der Waals surface area (Å²) in [5.41, 5.74) is 0.240. The molecule has 0 radical (unpaired) electrons. The van der Waals surface area contributed by atoms with Gasteiger partial charge in [0.2, 0.25) is 11.8 Å². The molecule has 2 amide bonds. The number of carbonyl (C=O) groups is 2. The summed E-state index contributed by atoms with van der Waals surface area (Å²) < 4.78 is 63.6. The van der Waals surface area contributed by atoms with Crippen molar-refractivity contribution in [2.75, 3.05) is 17.5 Å². The van der Waals surface area contributed by atoms with Crippen molar-refractivity contribution < 1.29 is 31.5 Å². The van der Waals surface area contributed by atoms with Gasteiger partial charge in [0, 0.05) is 24.1 Å². The Labute approximate surface area is 275 Å². The molecule has 0 aliphatic heterocycles. The molecule has 0 saturated heterocycles. The first kappa shape index (κ1) is 35.1. The van der Waals surface area contributed by atoms with E-state index in [1.165, 1.54) is 59.5 Å². The number of hydrogen-bond acceptors (Lipinski definition) is 5. The fourth-order valence-corrected chi connectivity index (χ4v) is 6.37. The van der Waals surface area contributed by atoms with E-state index in [1.54, 1.807) is 45.9 Å². The van der Waals surface area contributed by atoms with Crippen LogP contribution in [-0.2, 0) is 32.6 Å². The minimum absolute atomic E-state index is 0.0261. The molecule has 0 unspecified atom stereocenters. The van der Waals surface area contributed by atoms with Crippen molar-refractivity contribution in [2.45, 2.75) is 57.1 Å². The topological polar surface area (TPSA) is 96.0 Å². The molecule has 0 fully saturated rings. The van der Waals surface area contributed by atoms with E-state index >= 15 is 4.39 Å². The molecule has 0 heterocycles. The molecular weight excluding hydrogens is 624 g/mol. The lowest BCUT2D eigenvalue weighted by Gasteiger charge is -2.35. The third-order valence-electron chi connectivity index (χ3n) is 7.18. The average molecular weight is 664 g/mol. The number of carbonyl (C=O) groups excluding carboxylic acids is 2. The molecule has 0 spiro atoms. The number of benzene rings is 4. The zero-order chi connectivity index (χ0) is 34.2. The molecular formula is C36H39F2N3O5S. The Morgan fingerprint density at radius 2 is 1.47 bits per heavy atom. The smallest absolute Gasteiger partial charge is 0.264 e. The third kappa shape index (κ3) is 9.38. The van der Waals surface area contributed by atoms with Crippen molar-refractivity contribution >= 4 is 27.5 Å². The third-order valence-corrected chi connectivity index (χ3v) is 8.97. The minimum Gasteiger partial charge on any atom is -0.494 e. The summed E-state index contributed by atoms with van der Waals surface area (Å²) in [7, 11) is -4.41. The number of sulfonamides is 1. The highest BCUT2D eigenvalue weighted by atomic mass is 32.2. The molecule has 1 N–H and O–H groups in total. The number of hydrogen-bond donors (Lipinski definition) is 1. The maximum atomic E-state index is 15.0. The van der Waals surface area contributed by atoms with Gasteiger partial charge in [-0.3, -0.25) is 13.9 Å². The van der Waals surface area contributed by atoms with Crippen molar-refractivity contribution in [1.29, 1.82) is 0 Å². The van der Waals surface area contributed by atoms with Crippen molar-refractivity contribution in [1.82, 2.24) is 10.2 Å². The molecule has 0 bridgehead atoms. The van der Waals surface area contributed by atoms with Gasteiger partial charge in [-0.05, 0) is 87.9 Å². The van der Waals surface area contributed by atoms with E-state index in [0.717, 1.165) is 22.0 Å². The SMILES string of the molecule is CCOc1ccc(S(=O)(=O)N(CC(=O)N(Cc2ccccc2F)[C@H](Cc2ccccc2)C(=O)NC(C)(C)C)c2ccc(F)cc2)cc1. The Morgan fingerprint density at radius 3 is 2.06 bits per heavy atom. The zero-order valence-corrected chi connectivity index (χ0v) is 27.6. The van der Waals surface area contributed by atoms with Gasteiger partial charge < -0.3 is 15.0 Å². The lowest BCUT2D eigenvalue weighted by atomic mass is 10.0. The summed E-state index contributed by atoms with van der Waals surface area (Å²) in [6.45, 7) is 6.50. The van der Waals surface area contributed by atoms with Gasteiger partial charge in [0.1, 0.15) is 30.0 Å². The van der Waals surface area contributed by atoms with Crippen molar-refractivity contribution in [3.8, 4) is 5.75 Å². The van der Waals surface area contributed by atoms with Gasteiger partial charge >= 0.3 is 0 Å². The number of anilines is 1. The van der Waals surface area contributed by atoms with Crippen LogP contribution in [0.4, 0.5) is 14.5 Å². The van der Waals surface area contributed by atoms with E-state index in [9.17, 15) is 22.4 Å². The van der Waals surface area contributed by atoms with Gasteiger partial charge in [-0.15, -0.1) is 0 Å². The van der Waals surface area contributed by atoms with Crippen LogP contribution in [0.2, 0.25) is 0 Å². The van der Waals surface area contributed by atoms with Crippen LogP contribution in [0.1, 0.15) is 38.8 Å². The summed E-state index contributed by atoms with van der Waals surface area (Å²) in [4.78, 5) is 29.4. The first-order chi connectivity index (χ1) is 22.3. The molecule has 47 heavy (non-hydrogen) atoms. The van der Waals surface area contributed by atoms with Gasteiger partial charge in [-0.1, -0.05) is 48.5 Å². The first-order valence-electron chi connectivity index (χ1n) is 15.2. The van der Waals surface area contributed by atoms with Gasteiger partial charge in [0.25, 0.3) is 10.0 Å². The Hall–Kier alpha value is -4.77. The predicted molar refractivity (Wildman–Crippen MR) is 177 cm³/mol. The number of amides is 2. The Balaban J connectivity index is 1.81. The molecule has 4 aromatic rings. The van der Waals surface area contributed by atoms with Crippen LogP contribution < -0.4 is 14.4 Å². The first-order valence-corrected chi connectivity index (χ1v) is 16.6. The second-order valence-corrected chi connectivity index (χ2v) is 13.8. The van der Waals surface area contributed by atoms with Crippen molar-refractivity contribution in [3.05, 3.63) is 126 Å². The van der Waals surface area contributed by atoms with E-state index in [4.69, 9.17) is 4.74 Å². The van der Waals surface area contributed by atoms with Crippen LogP contribution in [0.15, 0.2) is 108 Å². The maximum Gasteiger partial charge on any atom is 0.264 e. The lowest BCUT2D eigenvalue weighted by Crippen LogP contribution is -2.56. The monoisotopic (exact) mass is 663 g/mol. The average Bonchev–Trinajstić information content (AvgIpc) is 3.03. The minimum atomic E-state index is -4.41. The van der Waals surface area contributed by atoms with Gasteiger partial charge in [0.05, 0.1) is 17.2 Å². The molecule has 0 aliphatic rings. The Kier molecular flexibility index (Phi) is 11.4. The van der Waals surface area contributed by atoms with Crippen LogP contribution in [0.5, 0.6) is 5.75 Å². The van der Waals surface area contributed by atoms with Gasteiger partial charge in [-0.2, -0.15) is 0 Å². The molecule has 0 aromatic heterocycles. The van der Waals surface area contributed by atoms with E-state index in [2.05, 4.69) is 5.32 Å². The van der Waals surface area contributed by atoms with Crippen LogP contribution in [0.25, 0.3) is 0 Å². The zero-order valence-electron chi connectivity index (χ0n) is 26.8. The highest BCUT2D eigenvalue weighted by Crippen LogP contribution is 2.27. The second-order valence-electron chi connectivity index (χ2n) is 12.0. The summed E-state index contributed by atoms with van der Waals surface area (Å²) in [5, 5.41) is 2.93. The molecule has 11 heteroatoms. The van der Waals surface area contributed by atoms with Crippen LogP contribution in [-0.4, -0.2) is 49.9 Å². The standard InChI is InChI=1S/C36H39F2N3O5S/c1-5-46-30-19-21-31(22-20-30)47(44,45)41(29-17-15-28(37)16-18-29)25-34(42)40(24-27-13-9-10-14-32(27)38)33(35(43)39-36(2,3)4)23-26-11-7-6-8-12-26/h6-22,33H,5,23-25H2,1-4H3,(H,39,43)/t33-/m1/s1. The Bertz CT molecular complexity index is 1760. The van der Waals surface area contributed by atoms with Gasteiger partial charge in [0.15, 0.2) is 0 Å². The molecule has 248 valence electrons. The molecule has 0 saturated carbocycles. The fourth-order valence-electron chi connectivity index (χ4n) is 4.95. The fraction of sp³-hybridized carbons (Fsp3) is 0.278. The highest BCUT2D eigenvalue weighted by Gasteiger charge is 2.36. The van der Waals surface area contributed by atoms with E-state index in [1.807, 2.05) is 18.2 Å². The van der Waals surface area contributed by atoms with Crippen molar-refractivity contribution in [2.24, 2.45) is 0 Å². The van der Waals surface area contributed by atoms with E-state index in [0.29, 0.717) is 12.4 Å². The maximum absolute atomic E-state index is 15.0. The van der Waals surface area contributed by atoms with Crippen LogP contribution >= 0.6 is 0 Å². The molecule has 4 rings (SSSR count). The van der Waals surface area contributed by atoms with Crippen LogP contribution in [0.3, 0.4) is 0 Å². The highest BCUT2D eigenvalue weighted by molar-refractivity contribution is 7.92. The molecule has 8 nitrogen and oxygen atoms in total. The number of nitrogens with zero attached hydrogens (tertiary/aromatic N) is 2. The number of nitrogens with one attached hydrogen (secondary N) is 1. The summed E-state index contributed by atoms with van der Waals surface area (Å²) in [5.74, 6) is -1.98. The van der Waals surface area contributed by atoms with Gasteiger partial charge in [-0.25, -0.2) is 17.2 Å². The van der Waals surface area contributed by atoms with Crippen LogP contribution in [0, 0.1) is 11.6 Å². The molecule has 4 aromatic carbocycles. The molecule has 1 atom stereocenters. The summed E-state index contributed by atoms with van der Waals surface area (Å²) >= 11 is 0. The second kappa shape index (κ2) is 15.2. The number of halogens is 2. The number of rotatable bonds is 13. The van der Waals surface area contributed by atoms with E-state index < -0.39 is 51.6 Å². The summed E-state index contributed by atoms with van der Waals surface area (Å²) in [6.07, 6.45) is 0.0745. The summed E-state index contributed by atoms with van der Waals surface area (Å²) in [6, 6.07) is 24.2. The predicted octanol–water partition coefficient (Wildman–Crippen LogP) is 6.11. The van der Waals surface area contributed by atoms with Crippen molar-refractivity contribution in [3.63, 3.8) is 0 Å². The Morgan fingerprint density at radius 1 is 0.851 bits per heavy atom. The largest absolute Gasteiger partial charge is 0.494 e. The van der Waals surface area contributed by atoms with E-state index in [-0.39, 0.29) is 29.1 Å².